The Morgan fingerprint density at radius 2 is 1.86 bits per heavy atom. The number of sulfonamides is 1. The molecule has 0 spiro atoms. The number of rotatable bonds is 9. The van der Waals surface area contributed by atoms with Crippen molar-refractivity contribution in [2.45, 2.75) is 50.8 Å². The molecule has 1 aromatic rings. The van der Waals surface area contributed by atoms with Crippen LogP contribution in [-0.2, 0) is 14.8 Å². The van der Waals surface area contributed by atoms with Crippen LogP contribution in [0, 0.1) is 0 Å². The highest BCUT2D eigenvalue weighted by atomic mass is 32.2. The fourth-order valence-corrected chi connectivity index (χ4v) is 2.62. The summed E-state index contributed by atoms with van der Waals surface area (Å²) in [5.41, 5.74) is 0.547. The highest BCUT2D eigenvalue weighted by Crippen LogP contribution is 2.13. The molecule has 0 atom stereocenters. The Morgan fingerprint density at radius 1 is 1.18 bits per heavy atom. The lowest BCUT2D eigenvalue weighted by Crippen LogP contribution is -2.18. The number of hydrogen-bond acceptors (Lipinski definition) is 4. The Labute approximate surface area is 132 Å². The summed E-state index contributed by atoms with van der Waals surface area (Å²) in [4.78, 5) is 13.2. The van der Waals surface area contributed by atoms with Crippen molar-refractivity contribution in [2.75, 3.05) is 5.32 Å². The molecule has 6 nitrogen and oxygen atoms in total. The van der Waals surface area contributed by atoms with Gasteiger partial charge in [0.05, 0.1) is 4.90 Å². The van der Waals surface area contributed by atoms with Crippen LogP contribution in [0.4, 0.5) is 5.69 Å². The Balaban J connectivity index is 2.51. The predicted molar refractivity (Wildman–Crippen MR) is 88.3 cm³/mol. The highest BCUT2D eigenvalue weighted by molar-refractivity contribution is 7.89. The summed E-state index contributed by atoms with van der Waals surface area (Å²) in [5, 5.41) is 6.33. The molecule has 0 aromatic heterocycles. The van der Waals surface area contributed by atoms with Gasteiger partial charge in [0.15, 0.2) is 0 Å². The Hall–Kier alpha value is -1.89. The quantitative estimate of drug-likeness (QED) is 0.416. The standard InChI is InChI=1S/C15H23N3O3S/c1-3-4-5-6-7-12-16-18-22(20,21)15-10-8-14(9-11-15)17-13(2)19/h8-12,18H,3-7H2,1-2H3,(H,17,19). The second-order valence-electron chi connectivity index (χ2n) is 4.96. The number of amides is 1. The van der Waals surface area contributed by atoms with Crippen LogP contribution in [0.2, 0.25) is 0 Å². The van der Waals surface area contributed by atoms with Gasteiger partial charge in [0, 0.05) is 18.8 Å². The third-order valence-electron chi connectivity index (χ3n) is 2.94. The molecule has 0 saturated heterocycles. The summed E-state index contributed by atoms with van der Waals surface area (Å²) in [7, 11) is -3.66. The van der Waals surface area contributed by atoms with Gasteiger partial charge in [0.2, 0.25) is 5.91 Å². The summed E-state index contributed by atoms with van der Waals surface area (Å²) >= 11 is 0. The molecule has 1 rings (SSSR count). The number of carbonyl (C=O) groups is 1. The minimum atomic E-state index is -3.66. The smallest absolute Gasteiger partial charge is 0.276 e. The van der Waals surface area contributed by atoms with E-state index in [0.29, 0.717) is 5.69 Å². The molecule has 7 heteroatoms. The van der Waals surface area contributed by atoms with E-state index in [1.165, 1.54) is 37.6 Å². The van der Waals surface area contributed by atoms with E-state index < -0.39 is 10.0 Å². The summed E-state index contributed by atoms with van der Waals surface area (Å²) in [6.45, 7) is 3.53. The van der Waals surface area contributed by atoms with E-state index in [-0.39, 0.29) is 10.8 Å². The molecule has 22 heavy (non-hydrogen) atoms. The average Bonchev–Trinajstić information content (AvgIpc) is 2.46. The molecule has 2 N–H and O–H groups in total. The molecule has 0 aliphatic heterocycles. The van der Waals surface area contributed by atoms with Crippen molar-refractivity contribution in [3.63, 3.8) is 0 Å². The third kappa shape index (κ3) is 6.71. The number of nitrogens with one attached hydrogen (secondary N) is 2. The van der Waals surface area contributed by atoms with Crippen LogP contribution >= 0.6 is 0 Å². The van der Waals surface area contributed by atoms with Gasteiger partial charge in [0.25, 0.3) is 10.0 Å². The van der Waals surface area contributed by atoms with Crippen molar-refractivity contribution in [1.82, 2.24) is 4.83 Å². The monoisotopic (exact) mass is 325 g/mol. The minimum Gasteiger partial charge on any atom is -0.326 e. The predicted octanol–water partition coefficient (Wildman–Crippen LogP) is 2.88. The lowest BCUT2D eigenvalue weighted by molar-refractivity contribution is -0.114. The van der Waals surface area contributed by atoms with Gasteiger partial charge in [0.1, 0.15) is 0 Å². The second-order valence-corrected chi connectivity index (χ2v) is 6.62. The summed E-state index contributed by atoms with van der Waals surface area (Å²) in [5.74, 6) is -0.207. The van der Waals surface area contributed by atoms with E-state index in [9.17, 15) is 13.2 Å². The lowest BCUT2D eigenvalue weighted by atomic mass is 10.2. The third-order valence-corrected chi connectivity index (χ3v) is 4.17. The van der Waals surface area contributed by atoms with Crippen LogP contribution < -0.4 is 10.1 Å². The number of benzene rings is 1. The molecule has 1 amide bonds. The number of unbranched alkanes of at least 4 members (excludes halogenated alkanes) is 4. The van der Waals surface area contributed by atoms with Gasteiger partial charge in [-0.1, -0.05) is 26.2 Å². The Bertz CT molecular complexity index is 595. The van der Waals surface area contributed by atoms with Crippen LogP contribution in [-0.4, -0.2) is 20.5 Å². The molecule has 0 fully saturated rings. The molecule has 0 aliphatic carbocycles. The van der Waals surface area contributed by atoms with Gasteiger partial charge >= 0.3 is 0 Å². The van der Waals surface area contributed by atoms with Crippen molar-refractivity contribution < 1.29 is 13.2 Å². The van der Waals surface area contributed by atoms with Gasteiger partial charge in [-0.25, -0.2) is 4.83 Å². The first kappa shape index (κ1) is 18.2. The molecular formula is C15H23N3O3S. The Kier molecular flexibility index (Phi) is 7.59. The first-order chi connectivity index (χ1) is 10.5. The molecule has 0 bridgehead atoms. The van der Waals surface area contributed by atoms with Gasteiger partial charge in [-0.05, 0) is 37.1 Å². The highest BCUT2D eigenvalue weighted by Gasteiger charge is 2.12. The van der Waals surface area contributed by atoms with Gasteiger partial charge < -0.3 is 5.32 Å². The van der Waals surface area contributed by atoms with E-state index in [0.717, 1.165) is 25.7 Å². The van der Waals surface area contributed by atoms with Crippen molar-refractivity contribution in [3.8, 4) is 0 Å². The number of hydrazone groups is 1. The first-order valence-electron chi connectivity index (χ1n) is 7.36. The van der Waals surface area contributed by atoms with Crippen molar-refractivity contribution in [3.05, 3.63) is 24.3 Å². The fourth-order valence-electron chi connectivity index (χ4n) is 1.81. The van der Waals surface area contributed by atoms with Crippen LogP contribution in [0.3, 0.4) is 0 Å². The largest absolute Gasteiger partial charge is 0.326 e. The maximum absolute atomic E-state index is 12.0. The van der Waals surface area contributed by atoms with Crippen molar-refractivity contribution in [2.24, 2.45) is 5.10 Å². The molecule has 0 heterocycles. The normalized spacial score (nSPS) is 11.5. The molecule has 1 aromatic carbocycles. The van der Waals surface area contributed by atoms with Gasteiger partial charge in [-0.2, -0.15) is 13.5 Å². The van der Waals surface area contributed by atoms with Gasteiger partial charge in [-0.15, -0.1) is 0 Å². The van der Waals surface area contributed by atoms with Crippen LogP contribution in [0.15, 0.2) is 34.3 Å². The van der Waals surface area contributed by atoms with Crippen molar-refractivity contribution >= 4 is 27.8 Å². The van der Waals surface area contributed by atoms with Crippen LogP contribution in [0.25, 0.3) is 0 Å². The van der Waals surface area contributed by atoms with Crippen molar-refractivity contribution in [1.29, 1.82) is 0 Å². The lowest BCUT2D eigenvalue weighted by Gasteiger charge is -2.05. The van der Waals surface area contributed by atoms with Crippen LogP contribution in [0.5, 0.6) is 0 Å². The van der Waals surface area contributed by atoms with E-state index in [4.69, 9.17) is 0 Å². The second kappa shape index (κ2) is 9.19. The number of carbonyl (C=O) groups excluding carboxylic acids is 1. The van der Waals surface area contributed by atoms with Crippen LogP contribution in [0.1, 0.15) is 46.0 Å². The minimum absolute atomic E-state index is 0.102. The Morgan fingerprint density at radius 3 is 2.45 bits per heavy atom. The molecule has 0 saturated carbocycles. The van der Waals surface area contributed by atoms with E-state index in [2.05, 4.69) is 22.2 Å². The zero-order valence-corrected chi connectivity index (χ0v) is 13.8. The molecule has 0 radical (unpaired) electrons. The maximum atomic E-state index is 12.0. The van der Waals surface area contributed by atoms with E-state index >= 15 is 0 Å². The summed E-state index contributed by atoms with van der Waals surface area (Å²) in [6, 6.07) is 5.91. The topological polar surface area (TPSA) is 87.6 Å². The zero-order valence-electron chi connectivity index (χ0n) is 13.0. The number of hydrogen-bond donors (Lipinski definition) is 2. The number of nitrogens with zero attached hydrogens (tertiary/aromatic N) is 1. The zero-order chi connectivity index (χ0) is 16.4. The SMILES string of the molecule is CCCCCCC=NNS(=O)(=O)c1ccc(NC(C)=O)cc1. The summed E-state index contributed by atoms with van der Waals surface area (Å²) in [6.07, 6.45) is 6.81. The van der Waals surface area contributed by atoms with Gasteiger partial charge in [-0.3, -0.25) is 4.79 Å². The van der Waals surface area contributed by atoms with E-state index in [1.807, 2.05) is 0 Å². The average molecular weight is 325 g/mol. The maximum Gasteiger partial charge on any atom is 0.276 e. The fraction of sp³-hybridized carbons (Fsp3) is 0.467. The summed E-state index contributed by atoms with van der Waals surface area (Å²) < 4.78 is 24.0. The van der Waals surface area contributed by atoms with E-state index in [1.54, 1.807) is 6.21 Å². The first-order valence-corrected chi connectivity index (χ1v) is 8.85. The molecule has 122 valence electrons. The molecular weight excluding hydrogens is 302 g/mol. The molecule has 0 aliphatic rings. The number of anilines is 1. The molecule has 0 unspecified atom stereocenters.